The molecule has 0 saturated carbocycles. The quantitative estimate of drug-likeness (QED) is 0.135. The monoisotopic (exact) mass is 993 g/mol. The second kappa shape index (κ2) is 18.6. The third-order valence-corrected chi connectivity index (χ3v) is 16.2. The van der Waals surface area contributed by atoms with Crippen LogP contribution in [0.25, 0.3) is 54.9 Å². The van der Waals surface area contributed by atoms with E-state index >= 15 is 0 Å². The molecule has 0 radical (unpaired) electrons. The normalized spacial score (nSPS) is 12.7. The molecule has 0 spiro atoms. The molecule has 0 N–H and O–H groups in total. The molecule has 3 nitrogen and oxygen atoms in total. The van der Waals surface area contributed by atoms with Crippen molar-refractivity contribution >= 4 is 72.7 Å². The minimum Gasteiger partial charge on any atom is -0.311 e. The number of rotatable bonds is 10. The molecule has 3 heteroatoms. The number of para-hydroxylation sites is 2. The van der Waals surface area contributed by atoms with Crippen molar-refractivity contribution < 1.29 is 0 Å². The summed E-state index contributed by atoms with van der Waals surface area (Å²) in [5.41, 5.74) is 21.9. The molecule has 13 aromatic rings. The first-order valence-corrected chi connectivity index (χ1v) is 26.9. The molecule has 0 amide bonds. The van der Waals surface area contributed by atoms with Gasteiger partial charge in [-0.15, -0.1) is 0 Å². The molecule has 1 heterocycles. The highest BCUT2D eigenvalue weighted by atomic mass is 15.2. The molecule has 1 aliphatic carbocycles. The third kappa shape index (κ3) is 7.20. The first-order chi connectivity index (χ1) is 38.7. The molecule has 0 saturated heterocycles. The zero-order chi connectivity index (χ0) is 51.6. The van der Waals surface area contributed by atoms with Crippen LogP contribution in [-0.4, -0.2) is 0 Å². The number of nitrogens with zero attached hydrogens (tertiary/aromatic N) is 3. The van der Waals surface area contributed by atoms with Crippen LogP contribution in [0.2, 0.25) is 0 Å². The van der Waals surface area contributed by atoms with E-state index in [1.54, 1.807) is 0 Å². The standard InChI is InChI=1S/C75H51N3/c1-5-24-56(25-6-1)75(57-26-7-2-8-27-57)69-35-16-15-33-65(69)66-48-47-63(51-70(66)75)77(71-36-18-21-53-20-13-14-32-64(53)71)61-41-38-52(39-42-61)55-40-49-72-68(50-55)67-34-17-22-54-23-19-37-73(74(54)67)78(72)62-45-43-60(44-46-62)76(58-28-9-3-10-29-58)59-30-11-4-12-31-59/h1-51H. The van der Waals surface area contributed by atoms with E-state index in [1.807, 2.05) is 0 Å². The number of hydrogen-bond acceptors (Lipinski definition) is 3. The summed E-state index contributed by atoms with van der Waals surface area (Å²) in [6, 6.07) is 114. The highest BCUT2D eigenvalue weighted by Crippen LogP contribution is 2.58. The maximum atomic E-state index is 2.47. The Morgan fingerprint density at radius 3 is 1.51 bits per heavy atom. The van der Waals surface area contributed by atoms with Crippen LogP contribution in [0.3, 0.4) is 0 Å². The molecule has 13 aromatic carbocycles. The zero-order valence-electron chi connectivity index (χ0n) is 42.8. The first kappa shape index (κ1) is 45.2. The van der Waals surface area contributed by atoms with Crippen LogP contribution in [0, 0.1) is 0 Å². The Kier molecular flexibility index (Phi) is 10.8. The van der Waals surface area contributed by atoms with Gasteiger partial charge in [-0.3, -0.25) is 0 Å². The van der Waals surface area contributed by atoms with Crippen molar-refractivity contribution in [1.82, 2.24) is 0 Å². The summed E-state index contributed by atoms with van der Waals surface area (Å²) in [5, 5.41) is 4.87. The average molecular weight is 994 g/mol. The Morgan fingerprint density at radius 1 is 0.282 bits per heavy atom. The van der Waals surface area contributed by atoms with Crippen molar-refractivity contribution in [3.63, 3.8) is 0 Å². The largest absolute Gasteiger partial charge is 0.311 e. The maximum absolute atomic E-state index is 2.47. The molecule has 1 aliphatic heterocycles. The molecule has 0 atom stereocenters. The van der Waals surface area contributed by atoms with Crippen LogP contribution in [0.4, 0.5) is 51.2 Å². The van der Waals surface area contributed by atoms with E-state index in [2.05, 4.69) is 324 Å². The van der Waals surface area contributed by atoms with Gasteiger partial charge in [0.2, 0.25) is 0 Å². The van der Waals surface area contributed by atoms with Crippen LogP contribution in [-0.2, 0) is 5.41 Å². The topological polar surface area (TPSA) is 9.72 Å². The van der Waals surface area contributed by atoms with E-state index < -0.39 is 5.41 Å². The van der Waals surface area contributed by atoms with Crippen molar-refractivity contribution in [2.24, 2.45) is 0 Å². The van der Waals surface area contributed by atoms with Gasteiger partial charge in [0.05, 0.1) is 22.5 Å². The molecular weight excluding hydrogens is 943 g/mol. The summed E-state index contributed by atoms with van der Waals surface area (Å²) in [7, 11) is 0. The van der Waals surface area contributed by atoms with Crippen molar-refractivity contribution in [1.29, 1.82) is 0 Å². The van der Waals surface area contributed by atoms with Gasteiger partial charge >= 0.3 is 0 Å². The Bertz CT molecular complexity index is 4270. The molecule has 0 unspecified atom stereocenters. The Morgan fingerprint density at radius 2 is 0.795 bits per heavy atom. The van der Waals surface area contributed by atoms with Crippen molar-refractivity contribution in [2.45, 2.75) is 5.41 Å². The van der Waals surface area contributed by atoms with E-state index in [0.29, 0.717) is 0 Å². The van der Waals surface area contributed by atoms with Crippen LogP contribution < -0.4 is 14.7 Å². The molecule has 0 bridgehead atoms. The summed E-state index contributed by atoms with van der Waals surface area (Å²) in [5.74, 6) is 0. The van der Waals surface area contributed by atoms with Gasteiger partial charge in [-0.25, -0.2) is 0 Å². The van der Waals surface area contributed by atoms with Gasteiger partial charge in [0.1, 0.15) is 0 Å². The molecule has 366 valence electrons. The predicted octanol–water partition coefficient (Wildman–Crippen LogP) is 20.4. The summed E-state index contributed by atoms with van der Waals surface area (Å²) in [6.07, 6.45) is 0. The summed E-state index contributed by atoms with van der Waals surface area (Å²) in [6.45, 7) is 0. The van der Waals surface area contributed by atoms with Gasteiger partial charge in [0, 0.05) is 50.5 Å². The van der Waals surface area contributed by atoms with Gasteiger partial charge in [-0.1, -0.05) is 212 Å². The van der Waals surface area contributed by atoms with Gasteiger partial charge < -0.3 is 14.7 Å². The summed E-state index contributed by atoms with van der Waals surface area (Å²) >= 11 is 0. The van der Waals surface area contributed by atoms with Crippen LogP contribution >= 0.6 is 0 Å². The Labute approximate surface area is 455 Å². The molecule has 0 fully saturated rings. The fourth-order valence-corrected chi connectivity index (χ4v) is 12.8. The first-order valence-electron chi connectivity index (χ1n) is 26.9. The highest BCUT2D eigenvalue weighted by Gasteiger charge is 2.46. The maximum Gasteiger partial charge on any atom is 0.0714 e. The fourth-order valence-electron chi connectivity index (χ4n) is 12.8. The van der Waals surface area contributed by atoms with Gasteiger partial charge in [0.15, 0.2) is 0 Å². The van der Waals surface area contributed by atoms with Crippen molar-refractivity contribution in [2.75, 3.05) is 14.7 Å². The van der Waals surface area contributed by atoms with E-state index in [9.17, 15) is 0 Å². The van der Waals surface area contributed by atoms with Crippen molar-refractivity contribution in [3.05, 3.63) is 332 Å². The van der Waals surface area contributed by atoms with Crippen molar-refractivity contribution in [3.8, 4) is 33.4 Å². The molecule has 0 aromatic heterocycles. The van der Waals surface area contributed by atoms with E-state index in [4.69, 9.17) is 0 Å². The lowest BCUT2D eigenvalue weighted by Gasteiger charge is -2.35. The van der Waals surface area contributed by atoms with Crippen LogP contribution in [0.15, 0.2) is 309 Å². The van der Waals surface area contributed by atoms with E-state index in [1.165, 1.54) is 71.7 Å². The smallest absolute Gasteiger partial charge is 0.0714 e. The van der Waals surface area contributed by atoms with Gasteiger partial charge in [0.25, 0.3) is 0 Å². The second-order valence-electron chi connectivity index (χ2n) is 20.4. The molecular formula is C75H51N3. The summed E-state index contributed by atoms with van der Waals surface area (Å²) in [4.78, 5) is 7.22. The molecule has 2 aliphatic rings. The predicted molar refractivity (Wildman–Crippen MR) is 327 cm³/mol. The lowest BCUT2D eigenvalue weighted by molar-refractivity contribution is 0.768. The number of hydrogen-bond donors (Lipinski definition) is 0. The lowest BCUT2D eigenvalue weighted by atomic mass is 9.67. The lowest BCUT2D eigenvalue weighted by Crippen LogP contribution is -2.28. The Hall–Kier alpha value is -10.2. The second-order valence-corrected chi connectivity index (χ2v) is 20.4. The number of fused-ring (bicyclic) bond motifs is 6. The SMILES string of the molecule is c1ccc(N(c2ccccc2)c2ccc(N3c4ccc(-c5ccc(N(c6ccc7c(c6)C(c6ccccc6)(c6ccccc6)c6ccccc6-7)c6cccc7ccccc67)cc5)cc4-c4cccc5cccc3c45)cc2)cc1. The van der Waals surface area contributed by atoms with Gasteiger partial charge in [-0.2, -0.15) is 0 Å². The Balaban J connectivity index is 0.849. The number of anilines is 9. The van der Waals surface area contributed by atoms with E-state index in [-0.39, 0.29) is 0 Å². The minimum absolute atomic E-state index is 0.527. The highest BCUT2D eigenvalue weighted by molar-refractivity contribution is 6.14. The zero-order valence-corrected chi connectivity index (χ0v) is 42.8. The third-order valence-electron chi connectivity index (χ3n) is 16.2. The minimum atomic E-state index is -0.527. The van der Waals surface area contributed by atoms with Crippen LogP contribution in [0.1, 0.15) is 22.3 Å². The van der Waals surface area contributed by atoms with Crippen LogP contribution in [0.5, 0.6) is 0 Å². The molecule has 15 rings (SSSR count). The van der Waals surface area contributed by atoms with E-state index in [0.717, 1.165) is 56.6 Å². The van der Waals surface area contributed by atoms with Gasteiger partial charge in [-0.05, 0) is 158 Å². The number of benzene rings is 13. The summed E-state index contributed by atoms with van der Waals surface area (Å²) < 4.78 is 0. The molecule has 78 heavy (non-hydrogen) atoms. The fraction of sp³-hybridized carbons (Fsp3) is 0.0133. The average Bonchev–Trinajstić information content (AvgIpc) is 3.82.